The number of aromatic nitrogens is 1. The third kappa shape index (κ3) is 3.05. The normalized spacial score (nSPS) is 27.5. The van der Waals surface area contributed by atoms with Gasteiger partial charge in [-0.1, -0.05) is 23.2 Å². The number of hydrogen-bond acceptors (Lipinski definition) is 3. The van der Waals surface area contributed by atoms with Crippen LogP contribution in [0.1, 0.15) is 30.5 Å². The fraction of sp³-hybridized carbons (Fsp3) is 0.643. The van der Waals surface area contributed by atoms with E-state index < -0.39 is 0 Å². The smallest absolute Gasteiger partial charge is 0.135 e. The maximum Gasteiger partial charge on any atom is 0.135 e. The summed E-state index contributed by atoms with van der Waals surface area (Å²) in [6.07, 6.45) is 3.83. The number of likely N-dealkylation sites (tertiary alicyclic amines) is 1. The molecule has 2 unspecified atom stereocenters. The van der Waals surface area contributed by atoms with Crippen LogP contribution < -0.4 is 5.32 Å². The third-order valence-electron chi connectivity index (χ3n) is 4.14. The number of halogens is 2. The molecule has 0 aromatic carbocycles. The van der Waals surface area contributed by atoms with Gasteiger partial charge in [0.05, 0.1) is 0 Å². The highest BCUT2D eigenvalue weighted by Gasteiger charge is 2.29. The number of nitrogens with one attached hydrogen (secondary N) is 1. The van der Waals surface area contributed by atoms with Gasteiger partial charge in [-0.3, -0.25) is 4.90 Å². The van der Waals surface area contributed by atoms with Crippen molar-refractivity contribution in [2.45, 2.75) is 44.8 Å². The summed E-state index contributed by atoms with van der Waals surface area (Å²) < 4.78 is 0. The van der Waals surface area contributed by atoms with Crippen molar-refractivity contribution in [3.8, 4) is 0 Å². The van der Waals surface area contributed by atoms with Gasteiger partial charge in [0.25, 0.3) is 0 Å². The highest BCUT2D eigenvalue weighted by atomic mass is 35.5. The minimum Gasteiger partial charge on any atom is -0.310 e. The molecule has 3 rings (SSSR count). The predicted octanol–water partition coefficient (Wildman–Crippen LogP) is 3.02. The SMILES string of the molecule is Cc1cc(Cl)c(CN2CCC3CCC(C2)N3)c(Cl)n1. The van der Waals surface area contributed by atoms with E-state index in [4.69, 9.17) is 23.2 Å². The monoisotopic (exact) mass is 299 g/mol. The van der Waals surface area contributed by atoms with Gasteiger partial charge in [-0.05, 0) is 32.3 Å². The summed E-state index contributed by atoms with van der Waals surface area (Å²) in [5.74, 6) is 0. The Balaban J connectivity index is 1.74. The molecule has 2 fully saturated rings. The van der Waals surface area contributed by atoms with Crippen LogP contribution in [-0.4, -0.2) is 35.1 Å². The Morgan fingerprint density at radius 2 is 2.11 bits per heavy atom. The molecule has 5 heteroatoms. The molecular weight excluding hydrogens is 281 g/mol. The standard InChI is InChI=1S/C14H19Cl2N3/c1-9-6-13(15)12(14(16)17-9)8-19-5-4-10-2-3-11(7-19)18-10/h6,10-11,18H,2-5,7-8H2,1H3. The molecule has 0 amide bonds. The lowest BCUT2D eigenvalue weighted by atomic mass is 10.1. The van der Waals surface area contributed by atoms with Crippen molar-refractivity contribution >= 4 is 23.2 Å². The van der Waals surface area contributed by atoms with Crippen molar-refractivity contribution in [2.24, 2.45) is 0 Å². The molecular formula is C14H19Cl2N3. The fourth-order valence-corrected chi connectivity index (χ4v) is 3.80. The van der Waals surface area contributed by atoms with E-state index in [2.05, 4.69) is 15.2 Å². The Hall–Kier alpha value is -0.350. The first-order valence-electron chi connectivity index (χ1n) is 6.92. The first kappa shape index (κ1) is 13.6. The zero-order valence-corrected chi connectivity index (χ0v) is 12.6. The summed E-state index contributed by atoms with van der Waals surface area (Å²) in [5.41, 5.74) is 1.84. The summed E-state index contributed by atoms with van der Waals surface area (Å²) in [4.78, 5) is 6.76. The summed E-state index contributed by atoms with van der Waals surface area (Å²) in [6.45, 7) is 4.90. The fourth-order valence-electron chi connectivity index (χ4n) is 3.15. The van der Waals surface area contributed by atoms with Gasteiger partial charge in [-0.2, -0.15) is 0 Å². The molecule has 0 saturated carbocycles. The van der Waals surface area contributed by atoms with Crippen LogP contribution in [-0.2, 0) is 6.54 Å². The van der Waals surface area contributed by atoms with E-state index >= 15 is 0 Å². The van der Waals surface area contributed by atoms with Crippen molar-refractivity contribution in [2.75, 3.05) is 13.1 Å². The van der Waals surface area contributed by atoms with E-state index in [0.29, 0.717) is 17.2 Å². The Bertz CT molecular complexity index is 455. The minimum atomic E-state index is 0.548. The van der Waals surface area contributed by atoms with Crippen LogP contribution in [0.25, 0.3) is 0 Å². The van der Waals surface area contributed by atoms with Crippen LogP contribution in [0.2, 0.25) is 10.2 Å². The van der Waals surface area contributed by atoms with E-state index in [1.807, 2.05) is 13.0 Å². The first-order valence-corrected chi connectivity index (χ1v) is 7.67. The van der Waals surface area contributed by atoms with Crippen molar-refractivity contribution in [1.29, 1.82) is 0 Å². The van der Waals surface area contributed by atoms with Gasteiger partial charge >= 0.3 is 0 Å². The van der Waals surface area contributed by atoms with Crippen LogP contribution in [0.3, 0.4) is 0 Å². The molecule has 2 aliphatic rings. The average Bonchev–Trinajstić information content (AvgIpc) is 2.66. The molecule has 0 aliphatic carbocycles. The van der Waals surface area contributed by atoms with Crippen LogP contribution >= 0.6 is 23.2 Å². The predicted molar refractivity (Wildman–Crippen MR) is 78.8 cm³/mol. The van der Waals surface area contributed by atoms with Crippen molar-refractivity contribution in [3.05, 3.63) is 27.5 Å². The largest absolute Gasteiger partial charge is 0.310 e. The van der Waals surface area contributed by atoms with Gasteiger partial charge in [-0.25, -0.2) is 4.98 Å². The number of aryl methyl sites for hydroxylation is 1. The number of pyridine rings is 1. The third-order valence-corrected chi connectivity index (χ3v) is 4.79. The van der Waals surface area contributed by atoms with Crippen molar-refractivity contribution in [1.82, 2.24) is 15.2 Å². The van der Waals surface area contributed by atoms with Gasteiger partial charge in [0.2, 0.25) is 0 Å². The van der Waals surface area contributed by atoms with E-state index in [0.717, 1.165) is 35.9 Å². The maximum atomic E-state index is 6.31. The zero-order valence-electron chi connectivity index (χ0n) is 11.1. The second kappa shape index (κ2) is 5.57. The molecule has 3 nitrogen and oxygen atoms in total. The van der Waals surface area contributed by atoms with E-state index in [1.54, 1.807) is 0 Å². The number of nitrogens with zero attached hydrogens (tertiary/aromatic N) is 2. The number of rotatable bonds is 2. The molecule has 3 heterocycles. The van der Waals surface area contributed by atoms with Crippen LogP contribution in [0, 0.1) is 6.92 Å². The Kier molecular flexibility index (Phi) is 3.99. The molecule has 2 atom stereocenters. The molecule has 0 spiro atoms. The summed E-state index contributed by atoms with van der Waals surface area (Å²) in [6, 6.07) is 3.23. The molecule has 104 valence electrons. The highest BCUT2D eigenvalue weighted by Crippen LogP contribution is 2.27. The quantitative estimate of drug-likeness (QED) is 0.851. The van der Waals surface area contributed by atoms with E-state index in [9.17, 15) is 0 Å². The molecule has 19 heavy (non-hydrogen) atoms. The molecule has 1 aromatic rings. The summed E-state index contributed by atoms with van der Waals surface area (Å²) in [5, 5.41) is 4.97. The molecule has 1 N–H and O–H groups in total. The Morgan fingerprint density at radius 3 is 2.89 bits per heavy atom. The van der Waals surface area contributed by atoms with Crippen LogP contribution in [0.5, 0.6) is 0 Å². The Labute approximate surface area is 124 Å². The topological polar surface area (TPSA) is 28.2 Å². The van der Waals surface area contributed by atoms with Gasteiger partial charge < -0.3 is 5.32 Å². The molecule has 1 aromatic heterocycles. The Morgan fingerprint density at radius 1 is 1.32 bits per heavy atom. The van der Waals surface area contributed by atoms with Crippen molar-refractivity contribution < 1.29 is 0 Å². The van der Waals surface area contributed by atoms with Gasteiger partial charge in [0.15, 0.2) is 0 Å². The maximum absolute atomic E-state index is 6.31. The lowest BCUT2D eigenvalue weighted by Crippen LogP contribution is -2.35. The van der Waals surface area contributed by atoms with Crippen LogP contribution in [0.4, 0.5) is 0 Å². The van der Waals surface area contributed by atoms with Gasteiger partial charge in [0.1, 0.15) is 5.15 Å². The number of fused-ring (bicyclic) bond motifs is 2. The molecule has 2 aliphatic heterocycles. The summed E-state index contributed by atoms with van der Waals surface area (Å²) >= 11 is 12.5. The lowest BCUT2D eigenvalue weighted by molar-refractivity contribution is 0.251. The van der Waals surface area contributed by atoms with E-state index in [-0.39, 0.29) is 0 Å². The summed E-state index contributed by atoms with van der Waals surface area (Å²) in [7, 11) is 0. The van der Waals surface area contributed by atoms with Crippen LogP contribution in [0.15, 0.2) is 6.07 Å². The molecule has 2 bridgehead atoms. The first-order chi connectivity index (χ1) is 9.11. The minimum absolute atomic E-state index is 0.548. The lowest BCUT2D eigenvalue weighted by Gasteiger charge is -2.24. The molecule has 0 radical (unpaired) electrons. The van der Waals surface area contributed by atoms with Gasteiger partial charge in [0, 0.05) is 48.0 Å². The average molecular weight is 300 g/mol. The zero-order chi connectivity index (χ0) is 13.4. The van der Waals surface area contributed by atoms with Crippen molar-refractivity contribution in [3.63, 3.8) is 0 Å². The molecule has 2 saturated heterocycles. The van der Waals surface area contributed by atoms with E-state index in [1.165, 1.54) is 19.3 Å². The second-order valence-electron chi connectivity index (χ2n) is 5.68. The number of hydrogen-bond donors (Lipinski definition) is 1. The second-order valence-corrected chi connectivity index (χ2v) is 6.44. The highest BCUT2D eigenvalue weighted by molar-refractivity contribution is 6.35. The van der Waals surface area contributed by atoms with Gasteiger partial charge in [-0.15, -0.1) is 0 Å².